The highest BCUT2D eigenvalue weighted by atomic mass is 19.4. The molecule has 4 heteroatoms. The third kappa shape index (κ3) is 4.26. The van der Waals surface area contributed by atoms with Crippen LogP contribution in [0.15, 0.2) is 42.0 Å². The van der Waals surface area contributed by atoms with E-state index in [-0.39, 0.29) is 0 Å². The van der Waals surface area contributed by atoms with E-state index in [0.717, 1.165) is 17.7 Å². The average molecular weight is 240 g/mol. The molecule has 90 valence electrons. The first-order valence-corrected chi connectivity index (χ1v) is 4.91. The molecule has 0 aliphatic heterocycles. The van der Waals surface area contributed by atoms with Gasteiger partial charge in [0.05, 0.1) is 5.56 Å². The third-order valence-corrected chi connectivity index (χ3v) is 2.07. The molecule has 1 aromatic carbocycles. The number of aldehydes is 1. The van der Waals surface area contributed by atoms with Gasteiger partial charge in [0.1, 0.15) is 6.29 Å². The van der Waals surface area contributed by atoms with E-state index in [1.165, 1.54) is 18.2 Å². The lowest BCUT2D eigenvalue weighted by Crippen LogP contribution is -2.03. The maximum absolute atomic E-state index is 12.3. The Balaban J connectivity index is 2.89. The zero-order valence-electron chi connectivity index (χ0n) is 9.16. The predicted molar refractivity (Wildman–Crippen MR) is 60.3 cm³/mol. The highest BCUT2D eigenvalue weighted by molar-refractivity contribution is 5.67. The van der Waals surface area contributed by atoms with Gasteiger partial charge in [-0.3, -0.25) is 4.79 Å². The lowest BCUT2D eigenvalue weighted by atomic mass is 10.1. The van der Waals surface area contributed by atoms with Gasteiger partial charge in [0.25, 0.3) is 0 Å². The summed E-state index contributed by atoms with van der Waals surface area (Å²) < 4.78 is 36.8. The van der Waals surface area contributed by atoms with Crippen molar-refractivity contribution in [2.24, 2.45) is 0 Å². The van der Waals surface area contributed by atoms with Crippen LogP contribution in [0.3, 0.4) is 0 Å². The van der Waals surface area contributed by atoms with Crippen molar-refractivity contribution in [3.8, 4) is 0 Å². The molecule has 0 bridgehead atoms. The van der Waals surface area contributed by atoms with Gasteiger partial charge in [-0.25, -0.2) is 0 Å². The summed E-state index contributed by atoms with van der Waals surface area (Å²) in [6.45, 7) is 1.76. The van der Waals surface area contributed by atoms with Crippen molar-refractivity contribution in [1.82, 2.24) is 0 Å². The van der Waals surface area contributed by atoms with Crippen molar-refractivity contribution < 1.29 is 18.0 Å². The monoisotopic (exact) mass is 240 g/mol. The first kappa shape index (κ1) is 13.2. The van der Waals surface area contributed by atoms with E-state index < -0.39 is 11.7 Å². The van der Waals surface area contributed by atoms with Crippen LogP contribution in [0.25, 0.3) is 6.08 Å². The summed E-state index contributed by atoms with van der Waals surface area (Å²) in [6.07, 6.45) is 0.944. The molecule has 0 unspecified atom stereocenters. The second kappa shape index (κ2) is 5.48. The standard InChI is InChI=1S/C13H11F3O/c1-10(3-2-8-17)9-11-4-6-12(7-5-11)13(14,15)16/h2-9H,1H3/b3-2+,10-9+. The van der Waals surface area contributed by atoms with Crippen molar-refractivity contribution >= 4 is 12.4 Å². The Morgan fingerprint density at radius 2 is 1.76 bits per heavy atom. The van der Waals surface area contributed by atoms with Crippen LogP contribution >= 0.6 is 0 Å². The number of carbonyl (C=O) groups excluding carboxylic acids is 1. The van der Waals surface area contributed by atoms with Gasteiger partial charge in [-0.2, -0.15) is 13.2 Å². The van der Waals surface area contributed by atoms with E-state index in [4.69, 9.17) is 0 Å². The molecule has 1 aromatic rings. The normalized spacial score (nSPS) is 13.1. The second-order valence-corrected chi connectivity index (χ2v) is 3.50. The fraction of sp³-hybridized carbons (Fsp3) is 0.154. The Hall–Kier alpha value is -1.84. The molecule has 0 saturated carbocycles. The summed E-state index contributed by atoms with van der Waals surface area (Å²) in [5.41, 5.74) is 0.777. The second-order valence-electron chi connectivity index (χ2n) is 3.50. The Morgan fingerprint density at radius 3 is 2.24 bits per heavy atom. The molecule has 1 nitrogen and oxygen atoms in total. The molecular formula is C13H11F3O. The summed E-state index contributed by atoms with van der Waals surface area (Å²) in [6, 6.07) is 4.84. The largest absolute Gasteiger partial charge is 0.416 e. The number of rotatable bonds is 3. The van der Waals surface area contributed by atoms with E-state index in [2.05, 4.69) is 0 Å². The number of carbonyl (C=O) groups is 1. The Bertz CT molecular complexity index is 439. The molecule has 0 fully saturated rings. The molecule has 0 spiro atoms. The van der Waals surface area contributed by atoms with E-state index in [1.54, 1.807) is 19.1 Å². The average Bonchev–Trinajstić information content (AvgIpc) is 2.26. The van der Waals surface area contributed by atoms with E-state index >= 15 is 0 Å². The first-order valence-electron chi connectivity index (χ1n) is 4.91. The lowest BCUT2D eigenvalue weighted by molar-refractivity contribution is -0.137. The number of halogens is 3. The van der Waals surface area contributed by atoms with Gasteiger partial charge in [0, 0.05) is 0 Å². The van der Waals surface area contributed by atoms with E-state index in [1.807, 2.05) is 0 Å². The minimum atomic E-state index is -4.31. The highest BCUT2D eigenvalue weighted by Crippen LogP contribution is 2.29. The van der Waals surface area contributed by atoms with E-state index in [0.29, 0.717) is 11.8 Å². The third-order valence-electron chi connectivity index (χ3n) is 2.07. The van der Waals surface area contributed by atoms with Gasteiger partial charge in [-0.05, 0) is 30.7 Å². The Kier molecular flexibility index (Phi) is 4.26. The zero-order valence-corrected chi connectivity index (χ0v) is 9.16. The van der Waals surface area contributed by atoms with Crippen LogP contribution in [0.2, 0.25) is 0 Å². The van der Waals surface area contributed by atoms with Crippen LogP contribution < -0.4 is 0 Å². The molecule has 1 rings (SSSR count). The maximum Gasteiger partial charge on any atom is 0.416 e. The molecule has 0 heterocycles. The van der Waals surface area contributed by atoms with Gasteiger partial charge in [0.2, 0.25) is 0 Å². The van der Waals surface area contributed by atoms with Crippen LogP contribution in [0.1, 0.15) is 18.1 Å². The zero-order chi connectivity index (χ0) is 12.9. The smallest absolute Gasteiger partial charge is 0.299 e. The fourth-order valence-electron chi connectivity index (χ4n) is 1.27. The summed E-state index contributed by atoms with van der Waals surface area (Å²) in [7, 11) is 0. The van der Waals surface area contributed by atoms with Crippen LogP contribution in [0, 0.1) is 0 Å². The topological polar surface area (TPSA) is 17.1 Å². The molecule has 0 N–H and O–H groups in total. The number of hydrogen-bond acceptors (Lipinski definition) is 1. The SMILES string of the molecule is CC(/C=C/C=O)=C\c1ccc(C(F)(F)F)cc1. The Morgan fingerprint density at radius 1 is 1.18 bits per heavy atom. The molecule has 0 radical (unpaired) electrons. The molecule has 0 atom stereocenters. The van der Waals surface area contributed by atoms with Crippen molar-refractivity contribution in [3.63, 3.8) is 0 Å². The van der Waals surface area contributed by atoms with Crippen LogP contribution in [0.4, 0.5) is 13.2 Å². The van der Waals surface area contributed by atoms with Crippen molar-refractivity contribution in [2.75, 3.05) is 0 Å². The number of hydrogen-bond donors (Lipinski definition) is 0. The predicted octanol–water partition coefficient (Wildman–Crippen LogP) is 3.86. The summed E-state index contributed by atoms with van der Waals surface area (Å²) in [4.78, 5) is 10.1. The maximum atomic E-state index is 12.3. The molecular weight excluding hydrogens is 229 g/mol. The molecule has 0 aliphatic rings. The van der Waals surface area contributed by atoms with Gasteiger partial charge in [-0.15, -0.1) is 0 Å². The summed E-state index contributed by atoms with van der Waals surface area (Å²) in [5.74, 6) is 0. The first-order chi connectivity index (χ1) is 7.93. The van der Waals surface area contributed by atoms with Gasteiger partial charge in [-0.1, -0.05) is 29.9 Å². The quantitative estimate of drug-likeness (QED) is 0.445. The van der Waals surface area contributed by atoms with Crippen molar-refractivity contribution in [3.05, 3.63) is 53.1 Å². The molecule has 0 aromatic heterocycles. The van der Waals surface area contributed by atoms with Gasteiger partial charge in [0.15, 0.2) is 0 Å². The lowest BCUT2D eigenvalue weighted by Gasteiger charge is -2.06. The Labute approximate surface area is 97.3 Å². The molecule has 0 amide bonds. The fourth-order valence-corrected chi connectivity index (χ4v) is 1.27. The van der Waals surface area contributed by atoms with Crippen molar-refractivity contribution in [2.45, 2.75) is 13.1 Å². The van der Waals surface area contributed by atoms with Gasteiger partial charge >= 0.3 is 6.18 Å². The van der Waals surface area contributed by atoms with Crippen LogP contribution in [0.5, 0.6) is 0 Å². The van der Waals surface area contributed by atoms with Crippen LogP contribution in [-0.4, -0.2) is 6.29 Å². The minimum Gasteiger partial charge on any atom is -0.299 e. The van der Waals surface area contributed by atoms with Crippen molar-refractivity contribution in [1.29, 1.82) is 0 Å². The molecule has 17 heavy (non-hydrogen) atoms. The van der Waals surface area contributed by atoms with E-state index in [9.17, 15) is 18.0 Å². The highest BCUT2D eigenvalue weighted by Gasteiger charge is 2.29. The number of benzene rings is 1. The summed E-state index contributed by atoms with van der Waals surface area (Å²) in [5, 5.41) is 0. The molecule has 0 aliphatic carbocycles. The van der Waals surface area contributed by atoms with Crippen LogP contribution in [-0.2, 0) is 11.0 Å². The summed E-state index contributed by atoms with van der Waals surface area (Å²) >= 11 is 0. The number of allylic oxidation sites excluding steroid dienone is 3. The number of alkyl halides is 3. The molecule has 0 saturated heterocycles. The van der Waals surface area contributed by atoms with Gasteiger partial charge < -0.3 is 0 Å². The minimum absolute atomic E-state index is 0.643.